The van der Waals surface area contributed by atoms with E-state index in [4.69, 9.17) is 28.9 Å². The first-order valence-corrected chi connectivity index (χ1v) is 6.45. The maximum Gasteiger partial charge on any atom is 0.271 e. The summed E-state index contributed by atoms with van der Waals surface area (Å²) in [5.41, 5.74) is 7.40. The summed E-state index contributed by atoms with van der Waals surface area (Å²) in [6.07, 6.45) is 0. The third-order valence-electron chi connectivity index (χ3n) is 2.79. The lowest BCUT2D eigenvalue weighted by Gasteiger charge is -2.11. The molecule has 19 heavy (non-hydrogen) atoms. The van der Waals surface area contributed by atoms with Crippen LogP contribution in [0.2, 0.25) is 10.0 Å². The second kappa shape index (κ2) is 5.33. The molecule has 0 saturated heterocycles. The number of hydrogen-bond donors (Lipinski definition) is 1. The zero-order valence-corrected chi connectivity index (χ0v) is 12.0. The lowest BCUT2D eigenvalue weighted by molar-refractivity contribution is 0.675. The molecule has 0 spiro atoms. The van der Waals surface area contributed by atoms with Crippen LogP contribution >= 0.6 is 23.2 Å². The normalized spacial score (nSPS) is 12.5. The van der Waals surface area contributed by atoms with E-state index in [0.29, 0.717) is 26.9 Å². The van der Waals surface area contributed by atoms with Crippen LogP contribution in [0.4, 0.5) is 0 Å². The first-order chi connectivity index (χ1) is 8.90. The van der Waals surface area contributed by atoms with Gasteiger partial charge in [0.15, 0.2) is 0 Å². The maximum absolute atomic E-state index is 11.9. The molecule has 1 aromatic heterocycles. The van der Waals surface area contributed by atoms with Gasteiger partial charge < -0.3 is 5.73 Å². The molecule has 0 fully saturated rings. The Kier molecular flexibility index (Phi) is 3.94. The third kappa shape index (κ3) is 2.81. The summed E-state index contributed by atoms with van der Waals surface area (Å²) in [5.74, 6) is 0. The summed E-state index contributed by atoms with van der Waals surface area (Å²) in [4.78, 5) is 11.9. The zero-order chi connectivity index (χ0) is 14.2. The van der Waals surface area contributed by atoms with E-state index in [-0.39, 0.29) is 11.6 Å². The summed E-state index contributed by atoms with van der Waals surface area (Å²) >= 11 is 12.0. The van der Waals surface area contributed by atoms with Gasteiger partial charge in [0.2, 0.25) is 0 Å². The first kappa shape index (κ1) is 14.1. The number of nitrogens with zero attached hydrogens (tertiary/aromatic N) is 2. The van der Waals surface area contributed by atoms with E-state index in [0.717, 1.165) is 0 Å². The van der Waals surface area contributed by atoms with Gasteiger partial charge in [0.05, 0.1) is 10.7 Å². The number of hydrogen-bond acceptors (Lipinski definition) is 3. The average molecular weight is 298 g/mol. The van der Waals surface area contributed by atoms with Crippen molar-refractivity contribution in [2.45, 2.75) is 13.0 Å². The molecule has 0 aliphatic carbocycles. The van der Waals surface area contributed by atoms with Crippen molar-refractivity contribution in [3.8, 4) is 11.3 Å². The molecule has 1 unspecified atom stereocenters. The van der Waals surface area contributed by atoms with E-state index in [2.05, 4.69) is 5.10 Å². The Hall–Kier alpha value is -1.36. The van der Waals surface area contributed by atoms with Crippen molar-refractivity contribution < 1.29 is 0 Å². The van der Waals surface area contributed by atoms with Crippen molar-refractivity contribution >= 4 is 23.2 Å². The molecular formula is C13H13Cl2N3O. The fourth-order valence-electron chi connectivity index (χ4n) is 1.79. The summed E-state index contributed by atoms with van der Waals surface area (Å²) in [5, 5.41) is 5.23. The van der Waals surface area contributed by atoms with Crippen molar-refractivity contribution in [2.24, 2.45) is 12.8 Å². The van der Waals surface area contributed by atoms with E-state index >= 15 is 0 Å². The number of halogens is 2. The van der Waals surface area contributed by atoms with Gasteiger partial charge in [-0.25, -0.2) is 4.68 Å². The fourth-order valence-corrected chi connectivity index (χ4v) is 2.29. The number of nitrogens with two attached hydrogens (primary N) is 1. The average Bonchev–Trinajstić information content (AvgIpc) is 2.32. The Bertz CT molecular complexity index is 680. The molecule has 4 nitrogen and oxygen atoms in total. The Morgan fingerprint density at radius 2 is 2.00 bits per heavy atom. The fraction of sp³-hybridized carbons (Fsp3) is 0.231. The minimum Gasteiger partial charge on any atom is -0.324 e. The van der Waals surface area contributed by atoms with Gasteiger partial charge in [-0.2, -0.15) is 5.10 Å². The smallest absolute Gasteiger partial charge is 0.271 e. The molecule has 0 aliphatic rings. The van der Waals surface area contributed by atoms with Crippen LogP contribution in [0, 0.1) is 0 Å². The van der Waals surface area contributed by atoms with E-state index < -0.39 is 0 Å². The lowest BCUT2D eigenvalue weighted by atomic mass is 10.1. The van der Waals surface area contributed by atoms with Crippen LogP contribution in [0.5, 0.6) is 0 Å². The van der Waals surface area contributed by atoms with Gasteiger partial charge in [-0.05, 0) is 31.2 Å². The molecule has 6 heteroatoms. The van der Waals surface area contributed by atoms with Gasteiger partial charge >= 0.3 is 0 Å². The molecule has 0 radical (unpaired) electrons. The van der Waals surface area contributed by atoms with Crippen molar-refractivity contribution in [3.63, 3.8) is 0 Å². The van der Waals surface area contributed by atoms with E-state index in [1.54, 1.807) is 38.2 Å². The minimum absolute atomic E-state index is 0.205. The number of benzene rings is 1. The molecule has 2 aromatic rings. The van der Waals surface area contributed by atoms with Crippen molar-refractivity contribution in [1.82, 2.24) is 9.78 Å². The molecule has 1 aromatic carbocycles. The summed E-state index contributed by atoms with van der Waals surface area (Å²) < 4.78 is 1.26. The molecule has 1 atom stereocenters. The van der Waals surface area contributed by atoms with Crippen LogP contribution < -0.4 is 11.3 Å². The van der Waals surface area contributed by atoms with Gasteiger partial charge in [0.25, 0.3) is 5.56 Å². The van der Waals surface area contributed by atoms with Crippen LogP contribution in [0.25, 0.3) is 11.3 Å². The van der Waals surface area contributed by atoms with Gasteiger partial charge in [0, 0.05) is 29.2 Å². The largest absolute Gasteiger partial charge is 0.324 e. The third-order valence-corrected chi connectivity index (χ3v) is 3.34. The molecule has 2 N–H and O–H groups in total. The number of rotatable bonds is 2. The van der Waals surface area contributed by atoms with Crippen LogP contribution in [0.3, 0.4) is 0 Å². The highest BCUT2D eigenvalue weighted by atomic mass is 35.5. The predicted molar refractivity (Wildman–Crippen MR) is 77.5 cm³/mol. The van der Waals surface area contributed by atoms with Gasteiger partial charge in [-0.1, -0.05) is 23.2 Å². The Morgan fingerprint density at radius 3 is 2.58 bits per heavy atom. The zero-order valence-electron chi connectivity index (χ0n) is 10.5. The second-order valence-electron chi connectivity index (χ2n) is 4.33. The van der Waals surface area contributed by atoms with Gasteiger partial charge in [-0.15, -0.1) is 0 Å². The molecular weight excluding hydrogens is 285 g/mol. The quantitative estimate of drug-likeness (QED) is 0.927. The standard InChI is InChI=1S/C13H13Cl2N3O/c1-7(16)10-6-12(17-18(2)13(10)19)9-4-3-8(14)5-11(9)15/h3-7H,16H2,1-2H3. The highest BCUT2D eigenvalue weighted by molar-refractivity contribution is 6.36. The van der Waals surface area contributed by atoms with Crippen molar-refractivity contribution in [2.75, 3.05) is 0 Å². The first-order valence-electron chi connectivity index (χ1n) is 5.69. The molecule has 0 saturated carbocycles. The van der Waals surface area contributed by atoms with Crippen LogP contribution in [-0.4, -0.2) is 9.78 Å². The summed E-state index contributed by atoms with van der Waals surface area (Å²) in [7, 11) is 1.58. The lowest BCUT2D eigenvalue weighted by Crippen LogP contribution is -2.27. The molecule has 0 aliphatic heterocycles. The number of aromatic nitrogens is 2. The molecule has 2 rings (SSSR count). The van der Waals surface area contributed by atoms with Gasteiger partial charge in [-0.3, -0.25) is 4.79 Å². The van der Waals surface area contributed by atoms with Crippen LogP contribution in [0.1, 0.15) is 18.5 Å². The van der Waals surface area contributed by atoms with Gasteiger partial charge in [0.1, 0.15) is 0 Å². The van der Waals surface area contributed by atoms with E-state index in [1.165, 1.54) is 4.68 Å². The highest BCUT2D eigenvalue weighted by Crippen LogP contribution is 2.29. The molecule has 1 heterocycles. The monoisotopic (exact) mass is 297 g/mol. The van der Waals surface area contributed by atoms with E-state index in [1.807, 2.05) is 0 Å². The minimum atomic E-state index is -0.369. The Balaban J connectivity index is 2.66. The Morgan fingerprint density at radius 1 is 1.32 bits per heavy atom. The predicted octanol–water partition coefficient (Wildman–Crippen LogP) is 2.77. The summed E-state index contributed by atoms with van der Waals surface area (Å²) in [6.45, 7) is 1.75. The van der Waals surface area contributed by atoms with Crippen molar-refractivity contribution in [1.29, 1.82) is 0 Å². The Labute approximate surface area is 120 Å². The van der Waals surface area contributed by atoms with Crippen LogP contribution in [0.15, 0.2) is 29.1 Å². The van der Waals surface area contributed by atoms with Crippen molar-refractivity contribution in [3.05, 3.63) is 50.2 Å². The number of aryl methyl sites for hydroxylation is 1. The molecule has 0 amide bonds. The topological polar surface area (TPSA) is 60.9 Å². The highest BCUT2D eigenvalue weighted by Gasteiger charge is 2.13. The van der Waals surface area contributed by atoms with E-state index in [9.17, 15) is 4.79 Å². The van der Waals surface area contributed by atoms with Crippen LogP contribution in [-0.2, 0) is 7.05 Å². The maximum atomic E-state index is 11.9. The molecule has 100 valence electrons. The second-order valence-corrected chi connectivity index (χ2v) is 5.17. The molecule has 0 bridgehead atoms. The summed E-state index contributed by atoms with van der Waals surface area (Å²) in [6, 6.07) is 6.43. The SMILES string of the molecule is CC(N)c1cc(-c2ccc(Cl)cc2Cl)nn(C)c1=O.